The number of hydrogen-bond acceptors (Lipinski definition) is 5. The van der Waals surface area contributed by atoms with Crippen molar-refractivity contribution in [2.24, 2.45) is 0 Å². The number of benzene rings is 2. The first-order valence-corrected chi connectivity index (χ1v) is 9.48. The van der Waals surface area contributed by atoms with Crippen molar-refractivity contribution in [1.82, 2.24) is 9.97 Å². The molecule has 1 heterocycles. The van der Waals surface area contributed by atoms with Crippen LogP contribution in [-0.4, -0.2) is 30.7 Å². The predicted octanol–water partition coefficient (Wildman–Crippen LogP) is 6.08. The van der Waals surface area contributed by atoms with Crippen LogP contribution in [0.3, 0.4) is 0 Å². The van der Waals surface area contributed by atoms with Crippen LogP contribution in [0.4, 0.5) is 36.3 Å². The van der Waals surface area contributed by atoms with E-state index in [1.807, 2.05) is 6.92 Å². The summed E-state index contributed by atoms with van der Waals surface area (Å²) in [6.45, 7) is 2.42. The molecule has 2 aromatic carbocycles. The van der Waals surface area contributed by atoms with Gasteiger partial charge in [-0.15, -0.1) is 0 Å². The Labute approximate surface area is 177 Å². The van der Waals surface area contributed by atoms with Crippen molar-refractivity contribution in [2.75, 3.05) is 30.5 Å². The average Bonchev–Trinajstić information content (AvgIpc) is 2.73. The van der Waals surface area contributed by atoms with E-state index in [-0.39, 0.29) is 11.8 Å². The van der Waals surface area contributed by atoms with Gasteiger partial charge in [-0.25, -0.2) is 4.98 Å². The van der Waals surface area contributed by atoms with E-state index in [0.29, 0.717) is 28.8 Å². The van der Waals surface area contributed by atoms with Gasteiger partial charge >= 0.3 is 6.18 Å². The third-order valence-corrected chi connectivity index (χ3v) is 4.68. The summed E-state index contributed by atoms with van der Waals surface area (Å²) < 4.78 is 46.2. The molecule has 0 atom stereocenters. The summed E-state index contributed by atoms with van der Waals surface area (Å²) in [6.07, 6.45) is -3.80. The van der Waals surface area contributed by atoms with Gasteiger partial charge in [-0.2, -0.15) is 18.2 Å². The summed E-state index contributed by atoms with van der Waals surface area (Å²) in [5.74, 6) is 0.571. The second-order valence-corrected chi connectivity index (χ2v) is 6.86. The Balaban J connectivity index is 2.00. The first-order valence-electron chi connectivity index (χ1n) is 9.11. The lowest BCUT2D eigenvalue weighted by molar-refractivity contribution is -0.137. The van der Waals surface area contributed by atoms with Gasteiger partial charge in [0.2, 0.25) is 5.95 Å². The van der Waals surface area contributed by atoms with Crippen molar-refractivity contribution < 1.29 is 17.9 Å². The van der Waals surface area contributed by atoms with Crippen molar-refractivity contribution in [3.8, 4) is 5.75 Å². The van der Waals surface area contributed by atoms with Crippen LogP contribution < -0.4 is 14.5 Å². The lowest BCUT2D eigenvalue weighted by atomic mass is 10.2. The Morgan fingerprint density at radius 3 is 2.07 bits per heavy atom. The molecule has 5 nitrogen and oxygen atoms in total. The molecule has 0 N–H and O–H groups in total. The quantitative estimate of drug-likeness (QED) is 0.468. The van der Waals surface area contributed by atoms with Gasteiger partial charge in [0, 0.05) is 36.7 Å². The zero-order chi connectivity index (χ0) is 21.9. The van der Waals surface area contributed by atoms with Gasteiger partial charge in [0.1, 0.15) is 11.3 Å². The lowest BCUT2D eigenvalue weighted by Gasteiger charge is -2.25. The minimum absolute atomic E-state index is 0.128. The molecule has 9 heteroatoms. The second-order valence-electron chi connectivity index (χ2n) is 6.43. The van der Waals surface area contributed by atoms with Gasteiger partial charge in [-0.05, 0) is 55.5 Å². The number of anilines is 4. The number of rotatable bonds is 6. The fourth-order valence-electron chi connectivity index (χ4n) is 2.82. The number of halogens is 4. The largest absolute Gasteiger partial charge is 0.494 e. The van der Waals surface area contributed by atoms with Crippen LogP contribution in [0.2, 0.25) is 5.02 Å². The van der Waals surface area contributed by atoms with E-state index < -0.39 is 11.7 Å². The summed E-state index contributed by atoms with van der Waals surface area (Å²) >= 11 is 5.89. The molecule has 0 saturated heterocycles. The maximum atomic E-state index is 13.6. The summed E-state index contributed by atoms with van der Waals surface area (Å²) in [4.78, 5) is 11.1. The van der Waals surface area contributed by atoms with Crippen molar-refractivity contribution >= 4 is 34.7 Å². The standard InChI is InChI=1S/C21H20ClF3N4O/c1-4-30-17-11-9-16(10-12-17)29(3)20-26-13-18(21(23,24)25)19(27-20)28(2)15-7-5-14(22)6-8-15/h5-13H,4H2,1-3H3. The van der Waals surface area contributed by atoms with Crippen LogP contribution in [0.15, 0.2) is 54.7 Å². The van der Waals surface area contributed by atoms with Gasteiger partial charge in [0.15, 0.2) is 5.82 Å². The number of nitrogens with zero attached hydrogens (tertiary/aromatic N) is 4. The summed E-state index contributed by atoms with van der Waals surface area (Å²) in [5, 5.41) is 0.488. The third kappa shape index (κ3) is 4.76. The molecule has 0 unspecified atom stereocenters. The minimum Gasteiger partial charge on any atom is -0.494 e. The Morgan fingerprint density at radius 1 is 0.933 bits per heavy atom. The highest BCUT2D eigenvalue weighted by Gasteiger charge is 2.37. The maximum Gasteiger partial charge on any atom is 0.421 e. The Hall–Kier alpha value is -3.00. The normalized spacial score (nSPS) is 11.3. The molecule has 0 saturated carbocycles. The van der Waals surface area contributed by atoms with E-state index in [4.69, 9.17) is 16.3 Å². The molecule has 0 radical (unpaired) electrons. The SMILES string of the molecule is CCOc1ccc(N(C)c2ncc(C(F)(F)F)c(N(C)c3ccc(Cl)cc3)n2)cc1. The molecule has 0 spiro atoms. The fourth-order valence-corrected chi connectivity index (χ4v) is 2.94. The number of ether oxygens (including phenoxy) is 1. The van der Waals surface area contributed by atoms with Crippen LogP contribution in [0.25, 0.3) is 0 Å². The molecular weight excluding hydrogens is 417 g/mol. The molecule has 0 fully saturated rings. The topological polar surface area (TPSA) is 41.5 Å². The molecule has 0 aliphatic rings. The first kappa shape index (κ1) is 21.7. The van der Waals surface area contributed by atoms with Gasteiger partial charge in [-0.3, -0.25) is 0 Å². The first-order chi connectivity index (χ1) is 14.2. The second kappa shape index (κ2) is 8.79. The molecule has 0 amide bonds. The molecule has 158 valence electrons. The molecule has 0 aliphatic carbocycles. The van der Waals surface area contributed by atoms with E-state index in [1.54, 1.807) is 60.5 Å². The molecule has 3 aromatic rings. The van der Waals surface area contributed by atoms with Gasteiger partial charge in [0.25, 0.3) is 0 Å². The van der Waals surface area contributed by atoms with Crippen molar-refractivity contribution in [3.05, 3.63) is 65.3 Å². The van der Waals surface area contributed by atoms with Crippen LogP contribution in [0, 0.1) is 0 Å². The summed E-state index contributed by atoms with van der Waals surface area (Å²) in [6, 6.07) is 13.6. The van der Waals surface area contributed by atoms with E-state index >= 15 is 0 Å². The van der Waals surface area contributed by atoms with Gasteiger partial charge in [0.05, 0.1) is 6.61 Å². The van der Waals surface area contributed by atoms with E-state index in [9.17, 15) is 13.2 Å². The molecule has 1 aromatic heterocycles. The monoisotopic (exact) mass is 436 g/mol. The van der Waals surface area contributed by atoms with E-state index in [2.05, 4.69) is 9.97 Å². The number of hydrogen-bond donors (Lipinski definition) is 0. The molecular formula is C21H20ClF3N4O. The van der Waals surface area contributed by atoms with Crippen molar-refractivity contribution in [3.63, 3.8) is 0 Å². The van der Waals surface area contributed by atoms with Gasteiger partial charge in [-0.1, -0.05) is 11.6 Å². The molecule has 0 bridgehead atoms. The van der Waals surface area contributed by atoms with Crippen LogP contribution >= 0.6 is 11.6 Å². The fraction of sp³-hybridized carbons (Fsp3) is 0.238. The highest BCUT2D eigenvalue weighted by Crippen LogP contribution is 2.38. The van der Waals surface area contributed by atoms with Crippen molar-refractivity contribution in [1.29, 1.82) is 0 Å². The van der Waals surface area contributed by atoms with E-state index in [0.717, 1.165) is 6.20 Å². The number of aromatic nitrogens is 2. The van der Waals surface area contributed by atoms with E-state index in [1.165, 1.54) is 11.9 Å². The zero-order valence-electron chi connectivity index (χ0n) is 16.6. The predicted molar refractivity (Wildman–Crippen MR) is 112 cm³/mol. The highest BCUT2D eigenvalue weighted by molar-refractivity contribution is 6.30. The zero-order valence-corrected chi connectivity index (χ0v) is 17.4. The van der Waals surface area contributed by atoms with Gasteiger partial charge < -0.3 is 14.5 Å². The average molecular weight is 437 g/mol. The molecule has 3 rings (SSSR count). The number of alkyl halides is 3. The highest BCUT2D eigenvalue weighted by atomic mass is 35.5. The Bertz CT molecular complexity index is 995. The molecule has 30 heavy (non-hydrogen) atoms. The van der Waals surface area contributed by atoms with Crippen LogP contribution in [0.5, 0.6) is 5.75 Å². The molecule has 0 aliphatic heterocycles. The van der Waals surface area contributed by atoms with Crippen LogP contribution in [-0.2, 0) is 6.18 Å². The summed E-state index contributed by atoms with van der Waals surface area (Å²) in [5.41, 5.74) is 0.292. The Kier molecular flexibility index (Phi) is 6.36. The van der Waals surface area contributed by atoms with Crippen LogP contribution in [0.1, 0.15) is 12.5 Å². The maximum absolute atomic E-state index is 13.6. The smallest absolute Gasteiger partial charge is 0.421 e. The van der Waals surface area contributed by atoms with Crippen molar-refractivity contribution in [2.45, 2.75) is 13.1 Å². The Morgan fingerprint density at radius 2 is 1.50 bits per heavy atom. The third-order valence-electron chi connectivity index (χ3n) is 4.43. The summed E-state index contributed by atoms with van der Waals surface area (Å²) in [7, 11) is 3.20. The minimum atomic E-state index is -4.60. The lowest BCUT2D eigenvalue weighted by Crippen LogP contribution is -2.21.